The summed E-state index contributed by atoms with van der Waals surface area (Å²) in [6.07, 6.45) is 2.20. The first-order valence-corrected chi connectivity index (χ1v) is 8.90. The summed E-state index contributed by atoms with van der Waals surface area (Å²) in [5, 5.41) is 12.6. The average Bonchev–Trinajstić information content (AvgIpc) is 2.57. The number of benzene rings is 1. The maximum atomic E-state index is 12.3. The van der Waals surface area contributed by atoms with Gasteiger partial charge in [0.05, 0.1) is 0 Å². The summed E-state index contributed by atoms with van der Waals surface area (Å²) in [7, 11) is 0. The molecule has 1 unspecified atom stereocenters. The van der Waals surface area contributed by atoms with E-state index in [1.165, 1.54) is 0 Å². The Morgan fingerprint density at radius 2 is 1.91 bits per heavy atom. The zero-order valence-corrected chi connectivity index (χ0v) is 13.7. The quantitative estimate of drug-likeness (QED) is 0.845. The van der Waals surface area contributed by atoms with Crippen molar-refractivity contribution in [1.29, 1.82) is 0 Å². The van der Waals surface area contributed by atoms with E-state index in [1.54, 1.807) is 0 Å². The summed E-state index contributed by atoms with van der Waals surface area (Å²) < 4.78 is 0. The van der Waals surface area contributed by atoms with E-state index in [0.717, 1.165) is 29.9 Å². The van der Waals surface area contributed by atoms with E-state index >= 15 is 0 Å². The molecule has 4 nitrogen and oxygen atoms in total. The summed E-state index contributed by atoms with van der Waals surface area (Å²) in [5.41, 5.74) is -0.315. The van der Waals surface area contributed by atoms with E-state index in [-0.39, 0.29) is 18.4 Å². The van der Waals surface area contributed by atoms with Gasteiger partial charge in [-0.1, -0.05) is 37.3 Å². The van der Waals surface area contributed by atoms with Crippen molar-refractivity contribution in [1.82, 2.24) is 5.32 Å². The van der Waals surface area contributed by atoms with Crippen LogP contribution < -0.4 is 5.32 Å². The number of carboxylic acid groups (broad SMARTS) is 1. The van der Waals surface area contributed by atoms with Gasteiger partial charge >= 0.3 is 5.97 Å². The van der Waals surface area contributed by atoms with Crippen LogP contribution in [0.15, 0.2) is 30.3 Å². The van der Waals surface area contributed by atoms with Crippen LogP contribution in [0.3, 0.4) is 0 Å². The molecule has 1 fully saturated rings. The fourth-order valence-corrected chi connectivity index (χ4v) is 3.99. The SMILES string of the molecule is CCC(CNC(=O)C1CCSCC1)(C(=O)O)c1ccccc1. The topological polar surface area (TPSA) is 66.4 Å². The Labute approximate surface area is 135 Å². The van der Waals surface area contributed by atoms with E-state index < -0.39 is 11.4 Å². The second kappa shape index (κ2) is 7.68. The molecule has 120 valence electrons. The van der Waals surface area contributed by atoms with Gasteiger partial charge in [-0.2, -0.15) is 11.8 Å². The molecule has 1 aliphatic heterocycles. The number of nitrogens with one attached hydrogen (secondary N) is 1. The third-order valence-corrected chi connectivity index (χ3v) is 5.54. The van der Waals surface area contributed by atoms with Crippen molar-refractivity contribution < 1.29 is 14.7 Å². The average molecular weight is 321 g/mol. The van der Waals surface area contributed by atoms with Crippen molar-refractivity contribution in [3.8, 4) is 0 Å². The lowest BCUT2D eigenvalue weighted by atomic mass is 9.78. The molecule has 5 heteroatoms. The molecule has 1 aromatic carbocycles. The van der Waals surface area contributed by atoms with Crippen molar-refractivity contribution in [3.05, 3.63) is 35.9 Å². The zero-order chi connectivity index (χ0) is 16.0. The maximum absolute atomic E-state index is 12.3. The fourth-order valence-electron chi connectivity index (χ4n) is 2.88. The Kier molecular flexibility index (Phi) is 5.89. The van der Waals surface area contributed by atoms with Gasteiger partial charge in [0.2, 0.25) is 5.91 Å². The molecule has 1 aromatic rings. The molecular formula is C17H23NO3S. The molecule has 0 spiro atoms. The van der Waals surface area contributed by atoms with Gasteiger partial charge in [-0.15, -0.1) is 0 Å². The van der Waals surface area contributed by atoms with E-state index in [1.807, 2.05) is 49.0 Å². The summed E-state index contributed by atoms with van der Waals surface area (Å²) in [6.45, 7) is 2.00. The number of carbonyl (C=O) groups excluding carboxylic acids is 1. The molecule has 22 heavy (non-hydrogen) atoms. The van der Waals surface area contributed by atoms with Crippen LogP contribution in [0.25, 0.3) is 0 Å². The highest BCUT2D eigenvalue weighted by Gasteiger charge is 2.39. The van der Waals surface area contributed by atoms with Gasteiger partial charge in [-0.25, -0.2) is 0 Å². The number of carboxylic acids is 1. The largest absolute Gasteiger partial charge is 0.481 e. The fraction of sp³-hybridized carbons (Fsp3) is 0.529. The molecule has 1 saturated heterocycles. The molecule has 0 aromatic heterocycles. The highest BCUT2D eigenvalue weighted by molar-refractivity contribution is 7.99. The summed E-state index contributed by atoms with van der Waals surface area (Å²) >= 11 is 1.87. The Morgan fingerprint density at radius 3 is 2.45 bits per heavy atom. The highest BCUT2D eigenvalue weighted by atomic mass is 32.2. The van der Waals surface area contributed by atoms with Crippen LogP contribution in [-0.4, -0.2) is 35.0 Å². The van der Waals surface area contributed by atoms with Crippen LogP contribution in [0.5, 0.6) is 0 Å². The normalized spacial score (nSPS) is 18.4. The Bertz CT molecular complexity index is 514. The Morgan fingerprint density at radius 1 is 1.27 bits per heavy atom. The molecule has 2 rings (SSSR count). The minimum Gasteiger partial charge on any atom is -0.481 e. The van der Waals surface area contributed by atoms with E-state index in [9.17, 15) is 14.7 Å². The van der Waals surface area contributed by atoms with Crippen LogP contribution in [0.2, 0.25) is 0 Å². The van der Waals surface area contributed by atoms with Gasteiger partial charge in [-0.3, -0.25) is 9.59 Å². The van der Waals surface area contributed by atoms with Gasteiger partial charge in [0.25, 0.3) is 0 Å². The lowest BCUT2D eigenvalue weighted by Gasteiger charge is -2.30. The lowest BCUT2D eigenvalue weighted by Crippen LogP contribution is -2.47. The maximum Gasteiger partial charge on any atom is 0.315 e. The monoisotopic (exact) mass is 321 g/mol. The van der Waals surface area contributed by atoms with Crippen molar-refractivity contribution >= 4 is 23.6 Å². The highest BCUT2D eigenvalue weighted by Crippen LogP contribution is 2.28. The third-order valence-electron chi connectivity index (χ3n) is 4.50. The molecule has 1 heterocycles. The molecule has 0 radical (unpaired) electrons. The van der Waals surface area contributed by atoms with Gasteiger partial charge in [0.1, 0.15) is 5.41 Å². The zero-order valence-electron chi connectivity index (χ0n) is 12.9. The van der Waals surface area contributed by atoms with E-state index in [2.05, 4.69) is 5.32 Å². The molecular weight excluding hydrogens is 298 g/mol. The van der Waals surface area contributed by atoms with E-state index in [0.29, 0.717) is 6.42 Å². The van der Waals surface area contributed by atoms with Gasteiger partial charge in [0.15, 0.2) is 0 Å². The third kappa shape index (κ3) is 3.64. The minimum absolute atomic E-state index is 0.00435. The van der Waals surface area contributed by atoms with Crippen molar-refractivity contribution in [2.24, 2.45) is 5.92 Å². The summed E-state index contributed by atoms with van der Waals surface area (Å²) in [6, 6.07) is 9.18. The molecule has 0 aliphatic carbocycles. The second-order valence-electron chi connectivity index (χ2n) is 5.71. The molecule has 1 atom stereocenters. The number of amides is 1. The van der Waals surface area contributed by atoms with Crippen LogP contribution in [0.1, 0.15) is 31.7 Å². The molecule has 1 amide bonds. The predicted octanol–water partition coefficient (Wildman–Crippen LogP) is 2.68. The van der Waals surface area contributed by atoms with Gasteiger partial charge in [-0.05, 0) is 36.3 Å². The first-order valence-electron chi connectivity index (χ1n) is 7.74. The smallest absolute Gasteiger partial charge is 0.315 e. The van der Waals surface area contributed by atoms with E-state index in [4.69, 9.17) is 0 Å². The number of rotatable bonds is 6. The second-order valence-corrected chi connectivity index (χ2v) is 6.94. The van der Waals surface area contributed by atoms with Gasteiger partial charge < -0.3 is 10.4 Å². The lowest BCUT2D eigenvalue weighted by molar-refractivity contribution is -0.144. The van der Waals surface area contributed by atoms with Crippen LogP contribution in [0.4, 0.5) is 0 Å². The number of hydrogen-bond acceptors (Lipinski definition) is 3. The molecule has 2 N–H and O–H groups in total. The number of aliphatic carboxylic acids is 1. The van der Waals surface area contributed by atoms with Crippen LogP contribution >= 0.6 is 11.8 Å². The number of hydrogen-bond donors (Lipinski definition) is 2. The van der Waals surface area contributed by atoms with Crippen molar-refractivity contribution in [3.63, 3.8) is 0 Å². The first kappa shape index (κ1) is 16.9. The molecule has 1 aliphatic rings. The number of thioether (sulfide) groups is 1. The molecule has 0 saturated carbocycles. The van der Waals surface area contributed by atoms with Gasteiger partial charge in [0, 0.05) is 12.5 Å². The first-order chi connectivity index (χ1) is 10.6. The van der Waals surface area contributed by atoms with Crippen LogP contribution in [-0.2, 0) is 15.0 Å². The van der Waals surface area contributed by atoms with Crippen molar-refractivity contribution in [2.45, 2.75) is 31.6 Å². The number of carbonyl (C=O) groups is 2. The minimum atomic E-state index is -1.06. The Hall–Kier alpha value is -1.49. The molecule has 0 bridgehead atoms. The Balaban J connectivity index is 2.10. The standard InChI is InChI=1S/C17H23NO3S/c1-2-17(16(20)21,14-6-4-3-5-7-14)12-18-15(19)13-8-10-22-11-9-13/h3-7,13H,2,8-12H2,1H3,(H,18,19)(H,20,21). The van der Waals surface area contributed by atoms with Crippen molar-refractivity contribution in [2.75, 3.05) is 18.1 Å². The predicted molar refractivity (Wildman–Crippen MR) is 89.1 cm³/mol. The summed E-state index contributed by atoms with van der Waals surface area (Å²) in [4.78, 5) is 24.2. The summed E-state index contributed by atoms with van der Waals surface area (Å²) in [5.74, 6) is 1.15. The van der Waals surface area contributed by atoms with Crippen LogP contribution in [0, 0.1) is 5.92 Å².